The van der Waals surface area contributed by atoms with Crippen LogP contribution in [0.5, 0.6) is 0 Å². The molecule has 0 bridgehead atoms. The minimum atomic E-state index is -0.838. The van der Waals surface area contributed by atoms with E-state index in [9.17, 15) is 14.4 Å². The van der Waals surface area contributed by atoms with Gasteiger partial charge in [-0.1, -0.05) is 31.0 Å². The standard InChI is InChI=1S/C19H28N2O5/c1-19(2,3)26-18(25)21-15(12-8-5-9-13-16(22)23)17(24)20-14-10-6-4-7-11-14/h4,6-7,10-11,15H,5,8-9,12-13H2,1-3H3,(H,20,24)(H,21,25)(H,22,23)/t15-/m0/s1. The van der Waals surface area contributed by atoms with Gasteiger partial charge in [-0.25, -0.2) is 4.79 Å². The first-order chi connectivity index (χ1) is 12.2. The molecule has 0 heterocycles. The monoisotopic (exact) mass is 364 g/mol. The van der Waals surface area contributed by atoms with Crippen LogP contribution >= 0.6 is 0 Å². The van der Waals surface area contributed by atoms with Gasteiger partial charge in [-0.05, 0) is 45.7 Å². The molecular formula is C19H28N2O5. The van der Waals surface area contributed by atoms with Gasteiger partial charge >= 0.3 is 12.1 Å². The van der Waals surface area contributed by atoms with Crippen molar-refractivity contribution < 1.29 is 24.2 Å². The number of carbonyl (C=O) groups excluding carboxylic acids is 2. The summed E-state index contributed by atoms with van der Waals surface area (Å²) in [7, 11) is 0. The predicted molar refractivity (Wildman–Crippen MR) is 99.0 cm³/mol. The summed E-state index contributed by atoms with van der Waals surface area (Å²) in [6.45, 7) is 5.24. The molecule has 1 aromatic rings. The lowest BCUT2D eigenvalue weighted by Gasteiger charge is -2.23. The molecular weight excluding hydrogens is 336 g/mol. The van der Waals surface area contributed by atoms with E-state index in [1.54, 1.807) is 45.0 Å². The second-order valence-electron chi connectivity index (χ2n) is 7.05. The Hall–Kier alpha value is -2.57. The number of hydrogen-bond acceptors (Lipinski definition) is 4. The Balaban J connectivity index is 2.62. The molecule has 0 aliphatic rings. The number of ether oxygens (including phenoxy) is 1. The number of carboxylic acid groups (broad SMARTS) is 1. The number of alkyl carbamates (subject to hydrolysis) is 1. The lowest BCUT2D eigenvalue weighted by Crippen LogP contribution is -2.45. The minimum absolute atomic E-state index is 0.0976. The van der Waals surface area contributed by atoms with E-state index < -0.39 is 23.7 Å². The van der Waals surface area contributed by atoms with Gasteiger partial charge in [-0.15, -0.1) is 0 Å². The van der Waals surface area contributed by atoms with Crippen LogP contribution in [-0.4, -0.2) is 34.7 Å². The molecule has 7 heteroatoms. The Morgan fingerprint density at radius 2 is 1.73 bits per heavy atom. The van der Waals surface area contributed by atoms with Crippen LogP contribution in [0.3, 0.4) is 0 Å². The zero-order valence-corrected chi connectivity index (χ0v) is 15.6. The van der Waals surface area contributed by atoms with Gasteiger partial charge in [0.15, 0.2) is 0 Å². The third-order valence-electron chi connectivity index (χ3n) is 3.43. The van der Waals surface area contributed by atoms with Gasteiger partial charge in [0.1, 0.15) is 11.6 Å². The van der Waals surface area contributed by atoms with Gasteiger partial charge in [-0.2, -0.15) is 0 Å². The van der Waals surface area contributed by atoms with Gasteiger partial charge in [0.25, 0.3) is 0 Å². The number of anilines is 1. The molecule has 0 spiro atoms. The topological polar surface area (TPSA) is 105 Å². The number of rotatable bonds is 9. The highest BCUT2D eigenvalue weighted by molar-refractivity contribution is 5.96. The number of amides is 2. The normalized spacial score (nSPS) is 12.1. The van der Waals surface area contributed by atoms with Crippen molar-refractivity contribution in [3.05, 3.63) is 30.3 Å². The van der Waals surface area contributed by atoms with E-state index >= 15 is 0 Å². The Morgan fingerprint density at radius 3 is 2.31 bits per heavy atom. The molecule has 7 nitrogen and oxygen atoms in total. The third kappa shape index (κ3) is 9.66. The minimum Gasteiger partial charge on any atom is -0.481 e. The van der Waals surface area contributed by atoms with Crippen molar-refractivity contribution in [1.82, 2.24) is 5.32 Å². The van der Waals surface area contributed by atoms with E-state index in [-0.39, 0.29) is 12.3 Å². The number of carboxylic acids is 1. The number of benzene rings is 1. The van der Waals surface area contributed by atoms with Crippen molar-refractivity contribution in [1.29, 1.82) is 0 Å². The van der Waals surface area contributed by atoms with E-state index in [0.717, 1.165) is 0 Å². The molecule has 0 aliphatic heterocycles. The lowest BCUT2D eigenvalue weighted by atomic mass is 10.1. The van der Waals surface area contributed by atoms with Crippen LogP contribution in [0.4, 0.5) is 10.5 Å². The molecule has 0 aromatic heterocycles. The number of nitrogens with one attached hydrogen (secondary N) is 2. The number of carbonyl (C=O) groups is 3. The largest absolute Gasteiger partial charge is 0.481 e. The number of aliphatic carboxylic acids is 1. The van der Waals surface area contributed by atoms with Gasteiger partial charge in [-0.3, -0.25) is 9.59 Å². The fourth-order valence-electron chi connectivity index (χ4n) is 2.27. The number of hydrogen-bond donors (Lipinski definition) is 3. The SMILES string of the molecule is CC(C)(C)OC(=O)N[C@@H](CCCCCC(=O)O)C(=O)Nc1ccccc1. The van der Waals surface area contributed by atoms with Crippen molar-refractivity contribution in [3.8, 4) is 0 Å². The third-order valence-corrected chi connectivity index (χ3v) is 3.43. The lowest BCUT2D eigenvalue weighted by molar-refractivity contribution is -0.137. The number of para-hydroxylation sites is 1. The van der Waals surface area contributed by atoms with Gasteiger partial charge in [0, 0.05) is 12.1 Å². The molecule has 3 N–H and O–H groups in total. The molecule has 0 saturated heterocycles. The Morgan fingerprint density at radius 1 is 1.08 bits per heavy atom. The smallest absolute Gasteiger partial charge is 0.408 e. The molecule has 1 rings (SSSR count). The molecule has 0 unspecified atom stereocenters. The van der Waals surface area contributed by atoms with Crippen molar-refractivity contribution in [2.45, 2.75) is 64.5 Å². The van der Waals surface area contributed by atoms with Crippen LogP contribution in [0.25, 0.3) is 0 Å². The summed E-state index contributed by atoms with van der Waals surface area (Å²) in [4.78, 5) is 35.1. The molecule has 0 fully saturated rings. The first-order valence-corrected chi connectivity index (χ1v) is 8.74. The average molecular weight is 364 g/mol. The molecule has 0 aliphatic carbocycles. The van der Waals surface area contributed by atoms with Crippen molar-refractivity contribution >= 4 is 23.7 Å². The van der Waals surface area contributed by atoms with Crippen LogP contribution in [-0.2, 0) is 14.3 Å². The van der Waals surface area contributed by atoms with Crippen molar-refractivity contribution in [2.75, 3.05) is 5.32 Å². The van der Waals surface area contributed by atoms with Crippen molar-refractivity contribution in [2.24, 2.45) is 0 Å². The summed E-state index contributed by atoms with van der Waals surface area (Å²) in [6, 6.07) is 8.21. The summed E-state index contributed by atoms with van der Waals surface area (Å²) < 4.78 is 5.22. The summed E-state index contributed by atoms with van der Waals surface area (Å²) in [5.74, 6) is -1.17. The highest BCUT2D eigenvalue weighted by Crippen LogP contribution is 2.12. The van der Waals surface area contributed by atoms with Crippen LogP contribution in [0, 0.1) is 0 Å². The van der Waals surface area contributed by atoms with Crippen LogP contribution < -0.4 is 10.6 Å². The van der Waals surface area contributed by atoms with E-state index in [1.165, 1.54) is 0 Å². The van der Waals surface area contributed by atoms with E-state index in [4.69, 9.17) is 9.84 Å². The van der Waals surface area contributed by atoms with Gasteiger partial charge in [0.05, 0.1) is 0 Å². The average Bonchev–Trinajstić information content (AvgIpc) is 2.52. The number of unbranched alkanes of at least 4 members (excludes halogenated alkanes) is 2. The van der Waals surface area contributed by atoms with E-state index in [2.05, 4.69) is 10.6 Å². The molecule has 26 heavy (non-hydrogen) atoms. The first-order valence-electron chi connectivity index (χ1n) is 8.74. The molecule has 0 radical (unpaired) electrons. The fraction of sp³-hybridized carbons (Fsp3) is 0.526. The summed E-state index contributed by atoms with van der Waals surface area (Å²) >= 11 is 0. The zero-order chi connectivity index (χ0) is 19.6. The maximum absolute atomic E-state index is 12.5. The zero-order valence-electron chi connectivity index (χ0n) is 15.6. The highest BCUT2D eigenvalue weighted by atomic mass is 16.6. The van der Waals surface area contributed by atoms with Crippen LogP contribution in [0.15, 0.2) is 30.3 Å². The Kier molecular flexibility index (Phi) is 8.61. The van der Waals surface area contributed by atoms with Crippen LogP contribution in [0.1, 0.15) is 52.9 Å². The first kappa shape index (κ1) is 21.5. The molecule has 144 valence electrons. The van der Waals surface area contributed by atoms with Gasteiger partial charge in [0.2, 0.25) is 5.91 Å². The van der Waals surface area contributed by atoms with E-state index in [0.29, 0.717) is 31.4 Å². The van der Waals surface area contributed by atoms with E-state index in [1.807, 2.05) is 6.07 Å². The fourth-order valence-corrected chi connectivity index (χ4v) is 2.27. The summed E-state index contributed by atoms with van der Waals surface area (Å²) in [5.41, 5.74) is -0.0224. The highest BCUT2D eigenvalue weighted by Gasteiger charge is 2.24. The molecule has 2 amide bonds. The predicted octanol–water partition coefficient (Wildman–Crippen LogP) is 3.55. The maximum atomic E-state index is 12.5. The Bertz CT molecular complexity index is 596. The summed E-state index contributed by atoms with van der Waals surface area (Å²) in [6.07, 6.45) is 1.66. The second kappa shape index (κ2) is 10.4. The van der Waals surface area contributed by atoms with Crippen molar-refractivity contribution in [3.63, 3.8) is 0 Å². The summed E-state index contributed by atoms with van der Waals surface area (Å²) in [5, 5.41) is 14.0. The molecule has 1 atom stereocenters. The van der Waals surface area contributed by atoms with Gasteiger partial charge < -0.3 is 20.5 Å². The Labute approximate surface area is 154 Å². The maximum Gasteiger partial charge on any atom is 0.408 e. The molecule has 1 aromatic carbocycles. The molecule has 0 saturated carbocycles. The van der Waals surface area contributed by atoms with Crippen LogP contribution in [0.2, 0.25) is 0 Å². The second-order valence-corrected chi connectivity index (χ2v) is 7.05. The quantitative estimate of drug-likeness (QED) is 0.581.